The lowest BCUT2D eigenvalue weighted by molar-refractivity contribution is 0.598. The van der Waals surface area contributed by atoms with Gasteiger partial charge in [-0.25, -0.2) is 0 Å². The number of fused-ring (bicyclic) bond motifs is 1. The molecule has 1 fully saturated rings. The van der Waals surface area contributed by atoms with E-state index in [0.717, 1.165) is 17.1 Å². The molecule has 62 valence electrons. The minimum Gasteiger partial charge on any atom is -0.441 e. The highest BCUT2D eigenvalue weighted by atomic mass is 16.3. The molecule has 0 saturated heterocycles. The van der Waals surface area contributed by atoms with Gasteiger partial charge in [0.25, 0.3) is 0 Å². The zero-order valence-electron chi connectivity index (χ0n) is 6.95. The second kappa shape index (κ2) is 1.91. The first-order chi connectivity index (χ1) is 5.86. The van der Waals surface area contributed by atoms with Gasteiger partial charge in [0, 0.05) is 18.8 Å². The average Bonchev–Trinajstić information content (AvgIpc) is 2.68. The molecule has 0 amide bonds. The maximum Gasteiger partial charge on any atom is 0.183 e. The van der Waals surface area contributed by atoms with Gasteiger partial charge in [0.15, 0.2) is 17.6 Å². The van der Waals surface area contributed by atoms with Gasteiger partial charge in [-0.1, -0.05) is 0 Å². The van der Waals surface area contributed by atoms with Crippen LogP contribution in [0.4, 0.5) is 0 Å². The van der Waals surface area contributed by atoms with Crippen molar-refractivity contribution >= 4 is 11.2 Å². The predicted molar refractivity (Wildman–Crippen MR) is 45.0 cm³/mol. The average molecular weight is 162 g/mol. The summed E-state index contributed by atoms with van der Waals surface area (Å²) in [5.74, 6) is 0.738. The first kappa shape index (κ1) is 6.29. The molecule has 1 aliphatic rings. The Bertz CT molecular complexity index is 423. The van der Waals surface area contributed by atoms with Crippen molar-refractivity contribution in [3.05, 3.63) is 18.2 Å². The maximum absolute atomic E-state index is 5.34. The first-order valence-electron chi connectivity index (χ1n) is 4.24. The van der Waals surface area contributed by atoms with Gasteiger partial charge in [-0.3, -0.25) is 0 Å². The van der Waals surface area contributed by atoms with Crippen molar-refractivity contribution in [2.75, 3.05) is 0 Å². The van der Waals surface area contributed by atoms with Gasteiger partial charge in [0.2, 0.25) is 0 Å². The molecule has 3 nitrogen and oxygen atoms in total. The zero-order chi connectivity index (χ0) is 8.13. The predicted octanol–water partition coefficient (Wildman–Crippen LogP) is 2.04. The number of rotatable bonds is 1. The Morgan fingerprint density at radius 2 is 2.42 bits per heavy atom. The lowest BCUT2D eigenvalue weighted by atomic mass is 10.2. The second-order valence-electron chi connectivity index (χ2n) is 3.47. The molecule has 1 aliphatic carbocycles. The van der Waals surface area contributed by atoms with E-state index in [9.17, 15) is 0 Å². The van der Waals surface area contributed by atoms with Crippen LogP contribution in [0, 0.1) is 0 Å². The van der Waals surface area contributed by atoms with Crippen molar-refractivity contribution in [1.29, 1.82) is 0 Å². The van der Waals surface area contributed by atoms with Crippen molar-refractivity contribution in [1.82, 2.24) is 9.55 Å². The van der Waals surface area contributed by atoms with Crippen LogP contribution in [0.5, 0.6) is 0 Å². The minimum absolute atomic E-state index is 0.738. The molecule has 0 bridgehead atoms. The number of hydrogen-bond donors (Lipinski definition) is 0. The SMILES string of the molecule is Cn1cc(C2CC2)c2ocnc21. The van der Waals surface area contributed by atoms with Crippen molar-refractivity contribution in [3.63, 3.8) is 0 Å². The Morgan fingerprint density at radius 1 is 1.58 bits per heavy atom. The van der Waals surface area contributed by atoms with E-state index in [-0.39, 0.29) is 0 Å². The van der Waals surface area contributed by atoms with E-state index < -0.39 is 0 Å². The third-order valence-electron chi connectivity index (χ3n) is 2.49. The molecule has 3 rings (SSSR count). The van der Waals surface area contributed by atoms with Crippen LogP contribution in [0.15, 0.2) is 17.0 Å². The highest BCUT2D eigenvalue weighted by Crippen LogP contribution is 2.43. The van der Waals surface area contributed by atoms with Gasteiger partial charge in [-0.05, 0) is 18.8 Å². The van der Waals surface area contributed by atoms with Gasteiger partial charge < -0.3 is 8.98 Å². The van der Waals surface area contributed by atoms with E-state index in [1.807, 2.05) is 11.6 Å². The molecule has 0 aromatic carbocycles. The van der Waals surface area contributed by atoms with Crippen LogP contribution in [0.25, 0.3) is 11.2 Å². The normalized spacial score (nSPS) is 17.4. The fourth-order valence-electron chi connectivity index (χ4n) is 1.70. The molecule has 0 atom stereocenters. The van der Waals surface area contributed by atoms with Crippen LogP contribution in [0.1, 0.15) is 24.3 Å². The zero-order valence-corrected chi connectivity index (χ0v) is 6.95. The van der Waals surface area contributed by atoms with E-state index in [4.69, 9.17) is 4.42 Å². The van der Waals surface area contributed by atoms with E-state index in [1.54, 1.807) is 0 Å². The fraction of sp³-hybridized carbons (Fsp3) is 0.444. The van der Waals surface area contributed by atoms with Gasteiger partial charge in [0.05, 0.1) is 0 Å². The molecular formula is C9H10N2O. The molecule has 0 spiro atoms. The monoisotopic (exact) mass is 162 g/mol. The Labute approximate surface area is 70.0 Å². The van der Waals surface area contributed by atoms with Crippen LogP contribution in [-0.2, 0) is 7.05 Å². The molecule has 0 radical (unpaired) electrons. The van der Waals surface area contributed by atoms with Crippen LogP contribution >= 0.6 is 0 Å². The standard InChI is InChI=1S/C9H10N2O/c1-11-4-7(6-2-3-6)8-9(11)10-5-12-8/h4-6H,2-3H2,1H3. The summed E-state index contributed by atoms with van der Waals surface area (Å²) in [6.45, 7) is 0. The van der Waals surface area contributed by atoms with Crippen molar-refractivity contribution < 1.29 is 4.42 Å². The smallest absolute Gasteiger partial charge is 0.183 e. The Balaban J connectivity index is 2.33. The Hall–Kier alpha value is -1.25. The summed E-state index contributed by atoms with van der Waals surface area (Å²) in [5.41, 5.74) is 3.29. The Kier molecular flexibility index (Phi) is 1.00. The second-order valence-corrected chi connectivity index (χ2v) is 3.47. The van der Waals surface area contributed by atoms with E-state index >= 15 is 0 Å². The summed E-state index contributed by atoms with van der Waals surface area (Å²) < 4.78 is 7.37. The Morgan fingerprint density at radius 3 is 3.17 bits per heavy atom. The molecule has 1 saturated carbocycles. The van der Waals surface area contributed by atoms with E-state index in [0.29, 0.717) is 0 Å². The molecule has 2 heterocycles. The molecule has 3 heteroatoms. The quantitative estimate of drug-likeness (QED) is 0.642. The van der Waals surface area contributed by atoms with Crippen LogP contribution < -0.4 is 0 Å². The van der Waals surface area contributed by atoms with Crippen LogP contribution in [0.2, 0.25) is 0 Å². The van der Waals surface area contributed by atoms with Gasteiger partial charge in [-0.15, -0.1) is 0 Å². The molecular weight excluding hydrogens is 152 g/mol. The summed E-state index contributed by atoms with van der Waals surface area (Å²) in [4.78, 5) is 4.15. The first-order valence-corrected chi connectivity index (χ1v) is 4.24. The number of oxazole rings is 1. The maximum atomic E-state index is 5.34. The van der Waals surface area contributed by atoms with Crippen molar-refractivity contribution in [3.8, 4) is 0 Å². The highest BCUT2D eigenvalue weighted by Gasteiger charge is 2.28. The lowest BCUT2D eigenvalue weighted by Gasteiger charge is -1.87. The molecule has 0 N–H and O–H groups in total. The summed E-state index contributed by atoms with van der Waals surface area (Å²) in [6.07, 6.45) is 6.27. The lowest BCUT2D eigenvalue weighted by Crippen LogP contribution is -1.83. The number of aromatic nitrogens is 2. The summed E-state index contributed by atoms with van der Waals surface area (Å²) >= 11 is 0. The summed E-state index contributed by atoms with van der Waals surface area (Å²) in [7, 11) is 2.01. The molecule has 0 unspecified atom stereocenters. The number of hydrogen-bond acceptors (Lipinski definition) is 2. The molecule has 2 aromatic rings. The number of aryl methyl sites for hydroxylation is 1. The van der Waals surface area contributed by atoms with E-state index in [1.165, 1.54) is 24.8 Å². The third-order valence-corrected chi connectivity index (χ3v) is 2.49. The highest BCUT2D eigenvalue weighted by molar-refractivity contribution is 5.74. The topological polar surface area (TPSA) is 31.0 Å². The van der Waals surface area contributed by atoms with Gasteiger partial charge >= 0.3 is 0 Å². The molecule has 0 aliphatic heterocycles. The number of nitrogens with zero attached hydrogens (tertiary/aromatic N) is 2. The summed E-state index contributed by atoms with van der Waals surface area (Å²) in [5, 5.41) is 0. The molecule has 2 aromatic heterocycles. The van der Waals surface area contributed by atoms with Gasteiger partial charge in [-0.2, -0.15) is 4.98 Å². The van der Waals surface area contributed by atoms with E-state index in [2.05, 4.69) is 11.2 Å². The minimum atomic E-state index is 0.738. The van der Waals surface area contributed by atoms with Crippen molar-refractivity contribution in [2.24, 2.45) is 7.05 Å². The van der Waals surface area contributed by atoms with Crippen LogP contribution in [-0.4, -0.2) is 9.55 Å². The fourth-order valence-corrected chi connectivity index (χ4v) is 1.70. The van der Waals surface area contributed by atoms with Crippen LogP contribution in [0.3, 0.4) is 0 Å². The molecule has 12 heavy (non-hydrogen) atoms. The van der Waals surface area contributed by atoms with Gasteiger partial charge in [0.1, 0.15) is 0 Å². The third kappa shape index (κ3) is 0.682. The largest absolute Gasteiger partial charge is 0.441 e. The summed E-state index contributed by atoms with van der Waals surface area (Å²) in [6, 6.07) is 0. The van der Waals surface area contributed by atoms with Crippen molar-refractivity contribution in [2.45, 2.75) is 18.8 Å².